The Morgan fingerprint density at radius 2 is 2.08 bits per heavy atom. The van der Waals surface area contributed by atoms with Crippen molar-refractivity contribution in [2.75, 3.05) is 12.9 Å². The predicted molar refractivity (Wildman–Crippen MR) is 97.3 cm³/mol. The lowest BCUT2D eigenvalue weighted by molar-refractivity contribution is -0.118. The third-order valence-corrected chi connectivity index (χ3v) is 4.39. The molecule has 0 aliphatic heterocycles. The number of rotatable bonds is 7. The monoisotopic (exact) mass is 372 g/mol. The highest BCUT2D eigenvalue weighted by atomic mass is 32.2. The molecule has 26 heavy (non-hydrogen) atoms. The van der Waals surface area contributed by atoms with E-state index in [0.29, 0.717) is 17.5 Å². The van der Waals surface area contributed by atoms with E-state index in [-0.39, 0.29) is 17.5 Å². The van der Waals surface area contributed by atoms with Crippen LogP contribution in [0, 0.1) is 5.82 Å². The van der Waals surface area contributed by atoms with Gasteiger partial charge in [0, 0.05) is 12.1 Å². The first-order valence-electron chi connectivity index (χ1n) is 7.85. The molecule has 0 atom stereocenters. The Hall–Kier alpha value is -2.87. The van der Waals surface area contributed by atoms with Crippen molar-refractivity contribution in [3.8, 4) is 17.1 Å². The molecule has 6 nitrogen and oxygen atoms in total. The standard InChI is InChI=1S/C18H17FN4O2S/c1-25-15-4-2-3-12(9-15)10-20-16(24)11-26-18-21-17(22-23-18)13-5-7-14(19)8-6-13/h2-9H,10-11H2,1H3,(H,20,24)(H,21,22,23). The summed E-state index contributed by atoms with van der Waals surface area (Å²) in [4.78, 5) is 16.3. The number of ether oxygens (including phenoxy) is 1. The number of hydrogen-bond acceptors (Lipinski definition) is 5. The van der Waals surface area contributed by atoms with Gasteiger partial charge in [0.1, 0.15) is 11.6 Å². The highest BCUT2D eigenvalue weighted by Crippen LogP contribution is 2.19. The number of thioether (sulfide) groups is 1. The second kappa shape index (κ2) is 8.48. The van der Waals surface area contributed by atoms with E-state index in [9.17, 15) is 9.18 Å². The van der Waals surface area contributed by atoms with Crippen molar-refractivity contribution in [1.29, 1.82) is 0 Å². The molecule has 0 aliphatic carbocycles. The zero-order valence-electron chi connectivity index (χ0n) is 14.0. The van der Waals surface area contributed by atoms with E-state index in [2.05, 4.69) is 20.5 Å². The number of carbonyl (C=O) groups is 1. The molecule has 1 heterocycles. The van der Waals surface area contributed by atoms with E-state index in [4.69, 9.17) is 4.74 Å². The number of hydrogen-bond donors (Lipinski definition) is 2. The second-order valence-electron chi connectivity index (χ2n) is 5.39. The van der Waals surface area contributed by atoms with E-state index >= 15 is 0 Å². The molecule has 2 aromatic carbocycles. The van der Waals surface area contributed by atoms with Gasteiger partial charge in [-0.3, -0.25) is 9.89 Å². The van der Waals surface area contributed by atoms with E-state index in [1.54, 1.807) is 19.2 Å². The van der Waals surface area contributed by atoms with Gasteiger partial charge < -0.3 is 10.1 Å². The van der Waals surface area contributed by atoms with Gasteiger partial charge in [-0.15, -0.1) is 5.10 Å². The third kappa shape index (κ3) is 4.82. The zero-order valence-corrected chi connectivity index (χ0v) is 14.8. The van der Waals surface area contributed by atoms with Crippen molar-refractivity contribution in [3.05, 3.63) is 59.9 Å². The molecule has 0 saturated heterocycles. The molecule has 0 bridgehead atoms. The lowest BCUT2D eigenvalue weighted by Crippen LogP contribution is -2.24. The molecule has 8 heteroatoms. The summed E-state index contributed by atoms with van der Waals surface area (Å²) in [6.07, 6.45) is 0. The van der Waals surface area contributed by atoms with Gasteiger partial charge >= 0.3 is 0 Å². The number of halogens is 1. The molecule has 3 aromatic rings. The van der Waals surface area contributed by atoms with Gasteiger partial charge in [-0.2, -0.15) is 0 Å². The summed E-state index contributed by atoms with van der Waals surface area (Å²) < 4.78 is 18.1. The lowest BCUT2D eigenvalue weighted by Gasteiger charge is -2.06. The Bertz CT molecular complexity index is 883. The van der Waals surface area contributed by atoms with Crippen LogP contribution >= 0.6 is 11.8 Å². The molecule has 0 unspecified atom stereocenters. The lowest BCUT2D eigenvalue weighted by atomic mass is 10.2. The van der Waals surface area contributed by atoms with Crippen molar-refractivity contribution < 1.29 is 13.9 Å². The molecule has 0 saturated carbocycles. The largest absolute Gasteiger partial charge is 0.497 e. The molecule has 0 aliphatic rings. The van der Waals surface area contributed by atoms with E-state index < -0.39 is 0 Å². The smallest absolute Gasteiger partial charge is 0.230 e. The zero-order chi connectivity index (χ0) is 18.4. The Morgan fingerprint density at radius 1 is 1.27 bits per heavy atom. The number of benzene rings is 2. The summed E-state index contributed by atoms with van der Waals surface area (Å²) >= 11 is 1.23. The number of aromatic nitrogens is 3. The van der Waals surface area contributed by atoms with Gasteiger partial charge in [-0.25, -0.2) is 9.37 Å². The molecular weight excluding hydrogens is 355 g/mol. The van der Waals surface area contributed by atoms with Crippen LogP contribution in [-0.2, 0) is 11.3 Å². The first-order chi connectivity index (χ1) is 12.6. The number of nitrogens with zero attached hydrogens (tertiary/aromatic N) is 2. The Morgan fingerprint density at radius 3 is 2.85 bits per heavy atom. The van der Waals surface area contributed by atoms with Crippen LogP contribution in [0.15, 0.2) is 53.7 Å². The summed E-state index contributed by atoms with van der Waals surface area (Å²) in [6.45, 7) is 0.422. The van der Waals surface area contributed by atoms with E-state index in [0.717, 1.165) is 16.9 Å². The summed E-state index contributed by atoms with van der Waals surface area (Å²) in [5.41, 5.74) is 1.69. The van der Waals surface area contributed by atoms with Crippen LogP contribution in [0.3, 0.4) is 0 Å². The number of amides is 1. The minimum absolute atomic E-state index is 0.119. The molecule has 134 valence electrons. The highest BCUT2D eigenvalue weighted by molar-refractivity contribution is 7.99. The predicted octanol–water partition coefficient (Wildman–Crippen LogP) is 3.03. The van der Waals surface area contributed by atoms with Gasteiger partial charge in [0.25, 0.3) is 0 Å². The maximum Gasteiger partial charge on any atom is 0.230 e. The summed E-state index contributed by atoms with van der Waals surface area (Å²) in [6, 6.07) is 13.5. The SMILES string of the molecule is COc1cccc(CNC(=O)CSc2n[nH]c(-c3ccc(F)cc3)n2)c1. The minimum Gasteiger partial charge on any atom is -0.497 e. The van der Waals surface area contributed by atoms with Crippen molar-refractivity contribution in [3.63, 3.8) is 0 Å². The molecule has 1 amide bonds. The van der Waals surface area contributed by atoms with Gasteiger partial charge in [-0.1, -0.05) is 23.9 Å². The number of aromatic amines is 1. The Balaban J connectivity index is 1.49. The van der Waals surface area contributed by atoms with E-state index in [1.165, 1.54) is 23.9 Å². The Labute approximate surface area is 154 Å². The van der Waals surface area contributed by atoms with Crippen LogP contribution < -0.4 is 10.1 Å². The fourth-order valence-electron chi connectivity index (χ4n) is 2.21. The maximum absolute atomic E-state index is 13.0. The van der Waals surface area contributed by atoms with Crippen LogP contribution in [0.4, 0.5) is 4.39 Å². The molecule has 2 N–H and O–H groups in total. The van der Waals surface area contributed by atoms with Crippen molar-refractivity contribution in [2.24, 2.45) is 0 Å². The topological polar surface area (TPSA) is 79.9 Å². The first-order valence-corrected chi connectivity index (χ1v) is 8.83. The van der Waals surface area contributed by atoms with Gasteiger partial charge in [0.2, 0.25) is 11.1 Å². The van der Waals surface area contributed by atoms with E-state index in [1.807, 2.05) is 24.3 Å². The molecule has 0 fully saturated rings. The first kappa shape index (κ1) is 17.9. The summed E-state index contributed by atoms with van der Waals surface area (Å²) in [5.74, 6) is 1.05. The van der Waals surface area contributed by atoms with Gasteiger partial charge in [0.05, 0.1) is 12.9 Å². The molecule has 0 radical (unpaired) electrons. The normalized spacial score (nSPS) is 10.5. The average Bonchev–Trinajstić information content (AvgIpc) is 3.14. The number of nitrogens with one attached hydrogen (secondary N) is 2. The van der Waals surface area contributed by atoms with Crippen molar-refractivity contribution >= 4 is 17.7 Å². The number of methoxy groups -OCH3 is 1. The average molecular weight is 372 g/mol. The fourth-order valence-corrected chi connectivity index (χ4v) is 2.84. The third-order valence-electron chi connectivity index (χ3n) is 3.54. The number of carbonyl (C=O) groups excluding carboxylic acids is 1. The van der Waals surface area contributed by atoms with Crippen molar-refractivity contribution in [1.82, 2.24) is 20.5 Å². The molecule has 0 spiro atoms. The molecule has 3 rings (SSSR count). The van der Waals surface area contributed by atoms with Crippen LogP contribution in [0.5, 0.6) is 5.75 Å². The fraction of sp³-hybridized carbons (Fsp3) is 0.167. The summed E-state index contributed by atoms with van der Waals surface area (Å²) in [5, 5.41) is 10.2. The van der Waals surface area contributed by atoms with Crippen LogP contribution in [0.1, 0.15) is 5.56 Å². The van der Waals surface area contributed by atoms with Crippen LogP contribution in [-0.4, -0.2) is 34.0 Å². The quantitative estimate of drug-likeness (QED) is 0.623. The highest BCUT2D eigenvalue weighted by Gasteiger charge is 2.09. The molecular formula is C18H17FN4O2S. The van der Waals surface area contributed by atoms with Crippen LogP contribution in [0.25, 0.3) is 11.4 Å². The number of H-pyrrole nitrogens is 1. The van der Waals surface area contributed by atoms with Gasteiger partial charge in [-0.05, 0) is 42.0 Å². The minimum atomic E-state index is -0.310. The molecule has 1 aromatic heterocycles. The van der Waals surface area contributed by atoms with Crippen molar-refractivity contribution in [2.45, 2.75) is 11.7 Å². The maximum atomic E-state index is 13.0. The van der Waals surface area contributed by atoms with Crippen LogP contribution in [0.2, 0.25) is 0 Å². The Kier molecular flexibility index (Phi) is 5.85. The summed E-state index contributed by atoms with van der Waals surface area (Å²) in [7, 11) is 1.60. The van der Waals surface area contributed by atoms with Gasteiger partial charge in [0.15, 0.2) is 5.82 Å². The second-order valence-corrected chi connectivity index (χ2v) is 6.33.